The van der Waals surface area contributed by atoms with Crippen molar-refractivity contribution in [2.24, 2.45) is 0 Å². The van der Waals surface area contributed by atoms with E-state index in [4.69, 9.17) is 11.6 Å². The van der Waals surface area contributed by atoms with Gasteiger partial charge in [-0.3, -0.25) is 0 Å². The lowest BCUT2D eigenvalue weighted by atomic mass is 10.2. The lowest BCUT2D eigenvalue weighted by Crippen LogP contribution is -2.00. The van der Waals surface area contributed by atoms with Crippen LogP contribution in [0.25, 0.3) is 0 Å². The molecule has 1 aromatic carbocycles. The molecule has 0 aliphatic heterocycles. The zero-order valence-corrected chi connectivity index (χ0v) is 10.2. The number of alkyl halides is 1. The first-order valence-electron chi connectivity index (χ1n) is 4.47. The van der Waals surface area contributed by atoms with Crippen LogP contribution in [0.5, 0.6) is 0 Å². The molecule has 1 aromatic heterocycles. The third-order valence-corrected chi connectivity index (χ3v) is 2.72. The summed E-state index contributed by atoms with van der Waals surface area (Å²) in [6, 6.07) is 8.10. The van der Waals surface area contributed by atoms with Gasteiger partial charge in [0, 0.05) is 4.47 Å². The van der Waals surface area contributed by atoms with E-state index >= 15 is 0 Å². The summed E-state index contributed by atoms with van der Waals surface area (Å²) in [7, 11) is 0. The Balaban J connectivity index is 2.14. The molecule has 15 heavy (non-hydrogen) atoms. The second-order valence-corrected chi connectivity index (χ2v) is 4.35. The van der Waals surface area contributed by atoms with Crippen LogP contribution in [0.3, 0.4) is 0 Å². The van der Waals surface area contributed by atoms with Crippen LogP contribution in [-0.4, -0.2) is 15.0 Å². The zero-order chi connectivity index (χ0) is 10.7. The molecule has 0 unspecified atom stereocenters. The molecule has 1 heterocycles. The third-order valence-electron chi connectivity index (χ3n) is 1.96. The topological polar surface area (TPSA) is 30.7 Å². The van der Waals surface area contributed by atoms with E-state index in [2.05, 4.69) is 32.3 Å². The van der Waals surface area contributed by atoms with Gasteiger partial charge in [-0.15, -0.1) is 16.7 Å². The van der Waals surface area contributed by atoms with Gasteiger partial charge >= 0.3 is 0 Å². The van der Waals surface area contributed by atoms with E-state index in [1.165, 1.54) is 5.56 Å². The first-order valence-corrected chi connectivity index (χ1v) is 5.80. The molecular formula is C10H9BrClN3. The number of rotatable bonds is 3. The van der Waals surface area contributed by atoms with Crippen molar-refractivity contribution < 1.29 is 0 Å². The van der Waals surface area contributed by atoms with Crippen LogP contribution in [0.1, 0.15) is 11.3 Å². The first-order chi connectivity index (χ1) is 7.28. The Hall–Kier alpha value is -0.870. The Morgan fingerprint density at radius 2 is 2.27 bits per heavy atom. The normalized spacial score (nSPS) is 10.5. The van der Waals surface area contributed by atoms with Crippen LogP contribution in [-0.2, 0) is 12.4 Å². The number of benzene rings is 1. The molecule has 0 radical (unpaired) electrons. The summed E-state index contributed by atoms with van der Waals surface area (Å²) in [5, 5.41) is 7.90. The Bertz CT molecular complexity index is 455. The minimum Gasteiger partial charge on any atom is -0.248 e. The van der Waals surface area contributed by atoms with Gasteiger partial charge in [0.05, 0.1) is 24.3 Å². The molecule has 3 nitrogen and oxygen atoms in total. The van der Waals surface area contributed by atoms with Gasteiger partial charge in [-0.1, -0.05) is 33.3 Å². The molecule has 0 spiro atoms. The minimum absolute atomic E-state index is 0.401. The summed E-state index contributed by atoms with van der Waals surface area (Å²) < 4.78 is 2.84. The fraction of sp³-hybridized carbons (Fsp3) is 0.200. The predicted octanol–water partition coefficient (Wildman–Crippen LogP) is 2.83. The summed E-state index contributed by atoms with van der Waals surface area (Å²) in [5.41, 5.74) is 1.97. The van der Waals surface area contributed by atoms with E-state index in [0.717, 1.165) is 10.2 Å². The van der Waals surface area contributed by atoms with E-state index in [9.17, 15) is 0 Å². The standard InChI is InChI=1S/C10H9BrClN3/c11-9-3-1-2-8(4-9)6-15-7-10(5-12)13-14-15/h1-4,7H,5-6H2. The van der Waals surface area contributed by atoms with Gasteiger partial charge in [0.2, 0.25) is 0 Å². The average Bonchev–Trinajstić information content (AvgIpc) is 2.65. The third kappa shape index (κ3) is 2.79. The van der Waals surface area contributed by atoms with E-state index in [1.54, 1.807) is 4.68 Å². The fourth-order valence-corrected chi connectivity index (χ4v) is 1.87. The van der Waals surface area contributed by atoms with Crippen molar-refractivity contribution in [3.63, 3.8) is 0 Å². The number of nitrogens with zero attached hydrogens (tertiary/aromatic N) is 3. The molecule has 0 aliphatic carbocycles. The number of halogens is 2. The lowest BCUT2D eigenvalue weighted by molar-refractivity contribution is 0.649. The highest BCUT2D eigenvalue weighted by atomic mass is 79.9. The SMILES string of the molecule is ClCc1cn(Cc2cccc(Br)c2)nn1. The van der Waals surface area contributed by atoms with Gasteiger partial charge in [-0.05, 0) is 17.7 Å². The van der Waals surface area contributed by atoms with Gasteiger partial charge in [-0.2, -0.15) is 0 Å². The Morgan fingerprint density at radius 3 is 2.93 bits per heavy atom. The van der Waals surface area contributed by atoms with Crippen molar-refractivity contribution in [3.8, 4) is 0 Å². The molecule has 0 aliphatic rings. The van der Waals surface area contributed by atoms with Crippen LogP contribution >= 0.6 is 27.5 Å². The second-order valence-electron chi connectivity index (χ2n) is 3.17. The van der Waals surface area contributed by atoms with Gasteiger partial charge in [0.25, 0.3) is 0 Å². The van der Waals surface area contributed by atoms with Gasteiger partial charge in [0.1, 0.15) is 0 Å². The van der Waals surface area contributed by atoms with Crippen molar-refractivity contribution in [3.05, 3.63) is 46.2 Å². The first kappa shape index (κ1) is 10.6. The average molecular weight is 287 g/mol. The van der Waals surface area contributed by atoms with Crippen molar-refractivity contribution >= 4 is 27.5 Å². The maximum absolute atomic E-state index is 5.65. The Labute approximate surface area is 101 Å². The van der Waals surface area contributed by atoms with Crippen LogP contribution in [0.2, 0.25) is 0 Å². The molecule has 0 N–H and O–H groups in total. The van der Waals surface area contributed by atoms with Crippen LogP contribution < -0.4 is 0 Å². The van der Waals surface area contributed by atoms with Crippen LogP contribution in [0, 0.1) is 0 Å². The summed E-state index contributed by atoms with van der Waals surface area (Å²) in [5.74, 6) is 0.401. The zero-order valence-electron chi connectivity index (χ0n) is 7.90. The van der Waals surface area contributed by atoms with Crippen LogP contribution in [0.4, 0.5) is 0 Å². The fourth-order valence-electron chi connectivity index (χ4n) is 1.30. The summed E-state index contributed by atoms with van der Waals surface area (Å²) >= 11 is 9.07. The highest BCUT2D eigenvalue weighted by Crippen LogP contribution is 2.12. The molecule has 0 atom stereocenters. The second kappa shape index (κ2) is 4.77. The molecule has 0 saturated carbocycles. The highest BCUT2D eigenvalue weighted by Gasteiger charge is 2.00. The molecule has 0 fully saturated rings. The Morgan fingerprint density at radius 1 is 1.40 bits per heavy atom. The number of hydrogen-bond acceptors (Lipinski definition) is 2. The summed E-state index contributed by atoms with van der Waals surface area (Å²) in [4.78, 5) is 0. The molecule has 78 valence electrons. The lowest BCUT2D eigenvalue weighted by Gasteiger charge is -2.00. The highest BCUT2D eigenvalue weighted by molar-refractivity contribution is 9.10. The van der Waals surface area contributed by atoms with E-state index in [1.807, 2.05) is 24.4 Å². The van der Waals surface area contributed by atoms with Crippen molar-refractivity contribution in [1.29, 1.82) is 0 Å². The summed E-state index contributed by atoms with van der Waals surface area (Å²) in [6.07, 6.45) is 1.86. The smallest absolute Gasteiger partial charge is 0.0974 e. The molecular weight excluding hydrogens is 277 g/mol. The predicted molar refractivity (Wildman–Crippen MR) is 62.8 cm³/mol. The van der Waals surface area contributed by atoms with E-state index < -0.39 is 0 Å². The summed E-state index contributed by atoms with van der Waals surface area (Å²) in [6.45, 7) is 0.712. The van der Waals surface area contributed by atoms with Crippen molar-refractivity contribution in [1.82, 2.24) is 15.0 Å². The monoisotopic (exact) mass is 285 g/mol. The molecule has 2 rings (SSSR count). The molecule has 0 amide bonds. The quantitative estimate of drug-likeness (QED) is 0.812. The minimum atomic E-state index is 0.401. The number of aromatic nitrogens is 3. The number of hydrogen-bond donors (Lipinski definition) is 0. The maximum atomic E-state index is 5.65. The molecule has 0 bridgehead atoms. The largest absolute Gasteiger partial charge is 0.248 e. The van der Waals surface area contributed by atoms with Gasteiger partial charge in [-0.25, -0.2) is 4.68 Å². The van der Waals surface area contributed by atoms with Crippen LogP contribution in [0.15, 0.2) is 34.9 Å². The van der Waals surface area contributed by atoms with E-state index in [-0.39, 0.29) is 0 Å². The van der Waals surface area contributed by atoms with E-state index in [0.29, 0.717) is 12.4 Å². The molecule has 2 aromatic rings. The Kier molecular flexibility index (Phi) is 3.38. The van der Waals surface area contributed by atoms with Crippen molar-refractivity contribution in [2.45, 2.75) is 12.4 Å². The molecule has 0 saturated heterocycles. The van der Waals surface area contributed by atoms with Gasteiger partial charge in [0.15, 0.2) is 0 Å². The van der Waals surface area contributed by atoms with Gasteiger partial charge < -0.3 is 0 Å². The van der Waals surface area contributed by atoms with Crippen molar-refractivity contribution in [2.75, 3.05) is 0 Å². The maximum Gasteiger partial charge on any atom is 0.0974 e. The molecule has 5 heteroatoms.